The van der Waals surface area contributed by atoms with E-state index in [0.717, 1.165) is 36.3 Å². The smallest absolute Gasteiger partial charge is 0.241 e. The van der Waals surface area contributed by atoms with E-state index in [4.69, 9.17) is 16.3 Å². The molecule has 146 valence electrons. The van der Waals surface area contributed by atoms with Crippen LogP contribution in [0.3, 0.4) is 0 Å². The lowest BCUT2D eigenvalue weighted by Crippen LogP contribution is -2.43. The van der Waals surface area contributed by atoms with Gasteiger partial charge in [-0.15, -0.1) is 0 Å². The van der Waals surface area contributed by atoms with Crippen LogP contribution >= 0.6 is 11.6 Å². The van der Waals surface area contributed by atoms with E-state index in [1.54, 1.807) is 0 Å². The minimum absolute atomic E-state index is 0.0620. The average Bonchev–Trinajstić information content (AvgIpc) is 2.64. The van der Waals surface area contributed by atoms with Crippen LogP contribution in [0.2, 0.25) is 5.02 Å². The quantitative estimate of drug-likeness (QED) is 0.791. The van der Waals surface area contributed by atoms with Gasteiger partial charge in [0.15, 0.2) is 0 Å². The molecule has 0 saturated carbocycles. The molecule has 0 spiro atoms. The first kappa shape index (κ1) is 20.2. The molecule has 0 bridgehead atoms. The van der Waals surface area contributed by atoms with Crippen LogP contribution in [0, 0.1) is 12.7 Å². The Balaban J connectivity index is 1.86. The van der Waals surface area contributed by atoms with Crippen molar-refractivity contribution in [2.75, 3.05) is 32.8 Å². The number of hydrogen-bond acceptors (Lipinski definition) is 4. The van der Waals surface area contributed by atoms with E-state index in [2.05, 4.69) is 9.62 Å². The molecular formula is C19H22ClFN2O3S. The monoisotopic (exact) mass is 412 g/mol. The standard InChI is InChI=1S/C19H22ClFN2O3S/c1-14-2-4-15(5-3-14)19(13-23-8-10-26-11-9-23)22-27(24,25)16-6-7-18(21)17(20)12-16/h2-7,12,19,22H,8-11,13H2,1H3. The fourth-order valence-corrected chi connectivity index (χ4v) is 4.44. The highest BCUT2D eigenvalue weighted by Gasteiger charge is 2.25. The number of morpholine rings is 1. The first-order chi connectivity index (χ1) is 12.8. The number of benzene rings is 2. The van der Waals surface area contributed by atoms with Gasteiger partial charge in [-0.2, -0.15) is 0 Å². The molecule has 1 atom stereocenters. The van der Waals surface area contributed by atoms with Crippen LogP contribution in [0.1, 0.15) is 17.2 Å². The number of ether oxygens (including phenoxy) is 1. The van der Waals surface area contributed by atoms with Gasteiger partial charge in [0.1, 0.15) is 5.82 Å². The highest BCUT2D eigenvalue weighted by molar-refractivity contribution is 7.89. The summed E-state index contributed by atoms with van der Waals surface area (Å²) in [5, 5.41) is -0.224. The maximum absolute atomic E-state index is 13.4. The molecule has 1 fully saturated rings. The highest BCUT2D eigenvalue weighted by atomic mass is 35.5. The van der Waals surface area contributed by atoms with Crippen molar-refractivity contribution in [1.29, 1.82) is 0 Å². The van der Waals surface area contributed by atoms with Crippen molar-refractivity contribution in [3.63, 3.8) is 0 Å². The van der Waals surface area contributed by atoms with Crippen molar-refractivity contribution < 1.29 is 17.5 Å². The summed E-state index contributed by atoms with van der Waals surface area (Å²) in [6.45, 7) is 5.23. The van der Waals surface area contributed by atoms with E-state index in [0.29, 0.717) is 19.8 Å². The van der Waals surface area contributed by atoms with Gasteiger partial charge >= 0.3 is 0 Å². The summed E-state index contributed by atoms with van der Waals surface area (Å²) < 4.78 is 47.2. The zero-order valence-corrected chi connectivity index (χ0v) is 16.6. The van der Waals surface area contributed by atoms with Crippen LogP contribution in [-0.4, -0.2) is 46.2 Å². The molecule has 1 heterocycles. The summed E-state index contributed by atoms with van der Waals surface area (Å²) in [7, 11) is -3.87. The molecular weight excluding hydrogens is 391 g/mol. The van der Waals surface area contributed by atoms with Crippen molar-refractivity contribution >= 4 is 21.6 Å². The SMILES string of the molecule is Cc1ccc(C(CN2CCOCC2)NS(=O)(=O)c2ccc(F)c(Cl)c2)cc1. The van der Waals surface area contributed by atoms with E-state index in [1.807, 2.05) is 31.2 Å². The number of nitrogens with zero attached hydrogens (tertiary/aromatic N) is 1. The number of sulfonamides is 1. The molecule has 1 unspecified atom stereocenters. The van der Waals surface area contributed by atoms with Gasteiger partial charge < -0.3 is 4.74 Å². The summed E-state index contributed by atoms with van der Waals surface area (Å²) >= 11 is 5.76. The molecule has 0 amide bonds. The van der Waals surface area contributed by atoms with Crippen molar-refractivity contribution in [2.24, 2.45) is 0 Å². The molecule has 0 aliphatic carbocycles. The Labute approximate surface area is 164 Å². The predicted molar refractivity (Wildman–Crippen MR) is 103 cm³/mol. The fourth-order valence-electron chi connectivity index (χ4n) is 2.95. The normalized spacial score (nSPS) is 17.0. The lowest BCUT2D eigenvalue weighted by molar-refractivity contribution is 0.0345. The van der Waals surface area contributed by atoms with Crippen molar-refractivity contribution in [2.45, 2.75) is 17.9 Å². The summed E-state index contributed by atoms with van der Waals surface area (Å²) in [5.41, 5.74) is 1.96. The molecule has 2 aromatic rings. The molecule has 1 N–H and O–H groups in total. The molecule has 0 radical (unpaired) electrons. The fraction of sp³-hybridized carbons (Fsp3) is 0.368. The van der Waals surface area contributed by atoms with Gasteiger partial charge in [0.25, 0.3) is 0 Å². The molecule has 1 saturated heterocycles. The Morgan fingerprint density at radius 3 is 2.48 bits per heavy atom. The predicted octanol–water partition coefficient (Wildman–Crippen LogP) is 3.14. The van der Waals surface area contributed by atoms with Gasteiger partial charge in [0, 0.05) is 19.6 Å². The van der Waals surface area contributed by atoms with Crippen LogP contribution < -0.4 is 4.72 Å². The van der Waals surface area contributed by atoms with Crippen LogP contribution in [-0.2, 0) is 14.8 Å². The van der Waals surface area contributed by atoms with Gasteiger partial charge in [-0.05, 0) is 30.7 Å². The third kappa shape index (κ3) is 5.27. The second-order valence-corrected chi connectivity index (χ2v) is 8.69. The van der Waals surface area contributed by atoms with Gasteiger partial charge in [-0.25, -0.2) is 17.5 Å². The zero-order valence-electron chi connectivity index (χ0n) is 15.0. The van der Waals surface area contributed by atoms with Crippen molar-refractivity contribution in [1.82, 2.24) is 9.62 Å². The largest absolute Gasteiger partial charge is 0.379 e. The minimum atomic E-state index is -3.87. The van der Waals surface area contributed by atoms with E-state index < -0.39 is 21.9 Å². The van der Waals surface area contributed by atoms with E-state index in [1.165, 1.54) is 6.07 Å². The molecule has 8 heteroatoms. The molecule has 2 aromatic carbocycles. The lowest BCUT2D eigenvalue weighted by atomic mass is 10.1. The van der Waals surface area contributed by atoms with Crippen molar-refractivity contribution in [3.05, 3.63) is 64.4 Å². The maximum Gasteiger partial charge on any atom is 0.241 e. The summed E-state index contributed by atoms with van der Waals surface area (Å²) in [5.74, 6) is -0.654. The summed E-state index contributed by atoms with van der Waals surface area (Å²) in [6, 6.07) is 10.7. The Hall–Kier alpha value is -1.51. The maximum atomic E-state index is 13.4. The van der Waals surface area contributed by atoms with Gasteiger partial charge in [-0.3, -0.25) is 4.90 Å². The Kier molecular flexibility index (Phi) is 6.49. The summed E-state index contributed by atoms with van der Waals surface area (Å²) in [4.78, 5) is 2.10. The van der Waals surface area contributed by atoms with Crippen LogP contribution in [0.4, 0.5) is 4.39 Å². The molecule has 3 rings (SSSR count). The molecule has 1 aliphatic rings. The molecule has 0 aromatic heterocycles. The van der Waals surface area contributed by atoms with Crippen molar-refractivity contribution in [3.8, 4) is 0 Å². The number of rotatable bonds is 6. The lowest BCUT2D eigenvalue weighted by Gasteiger charge is -2.31. The zero-order chi connectivity index (χ0) is 19.4. The van der Waals surface area contributed by atoms with Crippen LogP contribution in [0.15, 0.2) is 47.4 Å². The Bertz CT molecular complexity index is 884. The van der Waals surface area contributed by atoms with Gasteiger partial charge in [-0.1, -0.05) is 41.4 Å². The Morgan fingerprint density at radius 2 is 1.85 bits per heavy atom. The third-order valence-electron chi connectivity index (χ3n) is 4.52. The number of hydrogen-bond donors (Lipinski definition) is 1. The average molecular weight is 413 g/mol. The number of aryl methyl sites for hydroxylation is 1. The molecule has 1 aliphatic heterocycles. The van der Waals surface area contributed by atoms with Gasteiger partial charge in [0.05, 0.1) is 29.2 Å². The topological polar surface area (TPSA) is 58.6 Å². The number of halogens is 2. The summed E-state index contributed by atoms with van der Waals surface area (Å²) in [6.07, 6.45) is 0. The van der Waals surface area contributed by atoms with E-state index in [-0.39, 0.29) is 9.92 Å². The second-order valence-electron chi connectivity index (χ2n) is 6.57. The van der Waals surface area contributed by atoms with E-state index >= 15 is 0 Å². The third-order valence-corrected chi connectivity index (χ3v) is 6.28. The first-order valence-electron chi connectivity index (χ1n) is 8.69. The number of nitrogens with one attached hydrogen (secondary N) is 1. The van der Waals surface area contributed by atoms with Crippen LogP contribution in [0.25, 0.3) is 0 Å². The van der Waals surface area contributed by atoms with Crippen LogP contribution in [0.5, 0.6) is 0 Å². The van der Waals surface area contributed by atoms with Gasteiger partial charge in [0.2, 0.25) is 10.0 Å². The first-order valence-corrected chi connectivity index (χ1v) is 10.6. The highest BCUT2D eigenvalue weighted by Crippen LogP contribution is 2.23. The molecule has 5 nitrogen and oxygen atoms in total. The Morgan fingerprint density at radius 1 is 1.19 bits per heavy atom. The molecule has 27 heavy (non-hydrogen) atoms. The van der Waals surface area contributed by atoms with E-state index in [9.17, 15) is 12.8 Å². The minimum Gasteiger partial charge on any atom is -0.379 e. The second kappa shape index (κ2) is 8.67.